The SMILES string of the molecule is CCOC(=O)[C@]1(C(F)(F)F)N=C(c2ccc(F)cc2)OC(N2CCCCC2)=N1. The Kier molecular flexibility index (Phi) is 5.57. The Morgan fingerprint density at radius 3 is 2.39 bits per heavy atom. The number of piperidine rings is 1. The number of carbonyl (C=O) groups excluding carboxylic acids is 1. The maximum Gasteiger partial charge on any atom is 0.446 e. The average Bonchev–Trinajstić information content (AvgIpc) is 2.68. The number of hydrogen-bond donors (Lipinski definition) is 0. The quantitative estimate of drug-likeness (QED) is 0.576. The third kappa shape index (κ3) is 3.81. The largest absolute Gasteiger partial charge is 0.462 e. The summed E-state index contributed by atoms with van der Waals surface area (Å²) in [5.41, 5.74) is -3.39. The predicted molar refractivity (Wildman–Crippen MR) is 92.3 cm³/mol. The molecule has 2 aliphatic heterocycles. The van der Waals surface area contributed by atoms with Crippen molar-refractivity contribution in [3.05, 3.63) is 35.6 Å². The first-order chi connectivity index (χ1) is 13.3. The van der Waals surface area contributed by atoms with Crippen LogP contribution in [0.2, 0.25) is 0 Å². The molecule has 0 aliphatic carbocycles. The van der Waals surface area contributed by atoms with Crippen LogP contribution in [0, 0.1) is 5.82 Å². The molecule has 28 heavy (non-hydrogen) atoms. The van der Waals surface area contributed by atoms with Gasteiger partial charge in [0.2, 0.25) is 5.90 Å². The van der Waals surface area contributed by atoms with Crippen molar-refractivity contribution in [1.29, 1.82) is 0 Å². The Labute approximate surface area is 158 Å². The first-order valence-corrected chi connectivity index (χ1v) is 8.89. The van der Waals surface area contributed by atoms with Crippen molar-refractivity contribution < 1.29 is 31.8 Å². The summed E-state index contributed by atoms with van der Waals surface area (Å²) in [5, 5.41) is 0. The molecule has 6 nitrogen and oxygen atoms in total. The van der Waals surface area contributed by atoms with Crippen LogP contribution in [0.1, 0.15) is 31.7 Å². The second-order valence-corrected chi connectivity index (χ2v) is 6.36. The monoisotopic (exact) mass is 401 g/mol. The first-order valence-electron chi connectivity index (χ1n) is 8.89. The number of benzene rings is 1. The number of ether oxygens (including phenoxy) is 2. The number of likely N-dealkylation sites (tertiary alicyclic amines) is 1. The molecule has 152 valence electrons. The Morgan fingerprint density at radius 2 is 1.82 bits per heavy atom. The lowest BCUT2D eigenvalue weighted by Crippen LogP contribution is -2.55. The highest BCUT2D eigenvalue weighted by molar-refractivity contribution is 6.05. The Morgan fingerprint density at radius 1 is 1.18 bits per heavy atom. The average molecular weight is 401 g/mol. The van der Waals surface area contributed by atoms with Crippen LogP contribution in [0.15, 0.2) is 34.3 Å². The minimum atomic E-state index is -5.16. The fraction of sp³-hybridized carbons (Fsp3) is 0.500. The second kappa shape index (κ2) is 7.76. The van der Waals surface area contributed by atoms with Gasteiger partial charge in [0.15, 0.2) is 0 Å². The molecule has 0 radical (unpaired) electrons. The van der Waals surface area contributed by atoms with Crippen molar-refractivity contribution in [3.8, 4) is 0 Å². The summed E-state index contributed by atoms with van der Waals surface area (Å²) >= 11 is 0. The Balaban J connectivity index is 2.12. The number of esters is 1. The highest BCUT2D eigenvalue weighted by Crippen LogP contribution is 2.39. The van der Waals surface area contributed by atoms with Crippen LogP contribution in [0.5, 0.6) is 0 Å². The van der Waals surface area contributed by atoms with E-state index >= 15 is 0 Å². The van der Waals surface area contributed by atoms with E-state index in [0.29, 0.717) is 13.1 Å². The van der Waals surface area contributed by atoms with E-state index in [1.807, 2.05) is 0 Å². The van der Waals surface area contributed by atoms with Gasteiger partial charge >= 0.3 is 17.8 Å². The van der Waals surface area contributed by atoms with Crippen molar-refractivity contribution in [2.45, 2.75) is 38.0 Å². The highest BCUT2D eigenvalue weighted by Gasteiger charge is 2.65. The van der Waals surface area contributed by atoms with E-state index in [4.69, 9.17) is 4.74 Å². The summed E-state index contributed by atoms with van der Waals surface area (Å²) in [6.45, 7) is 1.99. The minimum absolute atomic E-state index is 0.0868. The number of amidine groups is 1. The van der Waals surface area contributed by atoms with E-state index in [1.54, 1.807) is 4.90 Å². The van der Waals surface area contributed by atoms with Gasteiger partial charge in [-0.15, -0.1) is 0 Å². The number of rotatable bonds is 3. The molecular formula is C18H19F4N3O3. The van der Waals surface area contributed by atoms with E-state index in [9.17, 15) is 22.4 Å². The molecule has 0 N–H and O–H groups in total. The van der Waals surface area contributed by atoms with Crippen molar-refractivity contribution in [2.24, 2.45) is 9.98 Å². The summed E-state index contributed by atoms with van der Waals surface area (Å²) in [4.78, 5) is 21.0. The van der Waals surface area contributed by atoms with Crippen molar-refractivity contribution in [2.75, 3.05) is 19.7 Å². The zero-order valence-corrected chi connectivity index (χ0v) is 15.1. The van der Waals surface area contributed by atoms with E-state index in [-0.39, 0.29) is 18.2 Å². The van der Waals surface area contributed by atoms with Gasteiger partial charge in [0.05, 0.1) is 6.61 Å². The lowest BCUT2D eigenvalue weighted by Gasteiger charge is -2.35. The standard InChI is InChI=1S/C18H19F4N3O3/c1-2-27-15(26)17(18(20,21)22)23-14(12-6-8-13(19)9-7-12)28-16(24-17)25-10-4-3-5-11-25/h6-9H,2-5,10-11H2,1H3/t17-/m0/s1. The first kappa shape index (κ1) is 20.1. The molecule has 1 fully saturated rings. The Hall–Kier alpha value is -2.65. The van der Waals surface area contributed by atoms with Gasteiger partial charge in [-0.25, -0.2) is 9.18 Å². The van der Waals surface area contributed by atoms with Crippen molar-refractivity contribution >= 4 is 17.9 Å². The van der Waals surface area contributed by atoms with Gasteiger partial charge in [0.1, 0.15) is 5.82 Å². The predicted octanol–water partition coefficient (Wildman–Crippen LogP) is 3.27. The lowest BCUT2D eigenvalue weighted by atomic mass is 10.1. The summed E-state index contributed by atoms with van der Waals surface area (Å²) in [6.07, 6.45) is -2.71. The molecule has 1 aromatic rings. The topological polar surface area (TPSA) is 63.5 Å². The van der Waals surface area contributed by atoms with Crippen LogP contribution in [0.4, 0.5) is 17.6 Å². The zero-order chi connectivity index (χ0) is 20.4. The molecule has 3 rings (SSSR count). The maximum absolute atomic E-state index is 14.0. The van der Waals surface area contributed by atoms with Gasteiger partial charge < -0.3 is 14.4 Å². The number of aliphatic imine (C=N–C) groups is 2. The minimum Gasteiger partial charge on any atom is -0.462 e. The highest BCUT2D eigenvalue weighted by atomic mass is 19.4. The number of hydrogen-bond acceptors (Lipinski definition) is 6. The van der Waals surface area contributed by atoms with Crippen LogP contribution < -0.4 is 0 Å². The molecule has 0 saturated carbocycles. The summed E-state index contributed by atoms with van der Waals surface area (Å²) < 4.78 is 65.4. The van der Waals surface area contributed by atoms with Gasteiger partial charge in [-0.3, -0.25) is 0 Å². The molecule has 0 aromatic heterocycles. The summed E-state index contributed by atoms with van der Waals surface area (Å²) in [6, 6.07) is 4.22. The Bertz CT molecular complexity index is 786. The number of carbonyl (C=O) groups is 1. The fourth-order valence-corrected chi connectivity index (χ4v) is 2.94. The van der Waals surface area contributed by atoms with E-state index < -0.39 is 29.5 Å². The second-order valence-electron chi connectivity index (χ2n) is 6.36. The smallest absolute Gasteiger partial charge is 0.446 e. The third-order valence-corrected chi connectivity index (χ3v) is 4.38. The van der Waals surface area contributed by atoms with Crippen molar-refractivity contribution in [1.82, 2.24) is 4.90 Å². The molecule has 1 aromatic carbocycles. The van der Waals surface area contributed by atoms with Gasteiger partial charge in [0.25, 0.3) is 6.02 Å². The van der Waals surface area contributed by atoms with Crippen LogP contribution >= 0.6 is 0 Å². The van der Waals surface area contributed by atoms with E-state index in [2.05, 4.69) is 14.7 Å². The van der Waals surface area contributed by atoms with E-state index in [1.165, 1.54) is 19.1 Å². The van der Waals surface area contributed by atoms with Crippen LogP contribution in [0.3, 0.4) is 0 Å². The van der Waals surface area contributed by atoms with Gasteiger partial charge in [-0.05, 0) is 50.5 Å². The molecule has 0 bridgehead atoms. The molecule has 2 aliphatic rings. The van der Waals surface area contributed by atoms with E-state index in [0.717, 1.165) is 31.4 Å². The zero-order valence-electron chi connectivity index (χ0n) is 15.1. The molecule has 10 heteroatoms. The molecule has 1 saturated heterocycles. The third-order valence-electron chi connectivity index (χ3n) is 4.38. The summed E-state index contributed by atoms with van der Waals surface area (Å²) in [5.74, 6) is -2.68. The molecule has 1 atom stereocenters. The summed E-state index contributed by atoms with van der Waals surface area (Å²) in [7, 11) is 0. The fourth-order valence-electron chi connectivity index (χ4n) is 2.94. The van der Waals surface area contributed by atoms with Crippen molar-refractivity contribution in [3.63, 3.8) is 0 Å². The van der Waals surface area contributed by atoms with Gasteiger partial charge in [-0.1, -0.05) is 0 Å². The molecule has 0 spiro atoms. The molecule has 0 amide bonds. The van der Waals surface area contributed by atoms with Crippen LogP contribution in [-0.2, 0) is 14.3 Å². The van der Waals surface area contributed by atoms with Crippen LogP contribution in [-0.4, -0.2) is 54.3 Å². The van der Waals surface area contributed by atoms with Crippen LogP contribution in [0.25, 0.3) is 0 Å². The number of alkyl halides is 3. The van der Waals surface area contributed by atoms with Gasteiger partial charge in [0, 0.05) is 18.7 Å². The molecule has 2 heterocycles. The normalized spacial score (nSPS) is 22.8. The molecule has 0 unspecified atom stereocenters. The maximum atomic E-state index is 14.0. The van der Waals surface area contributed by atoms with Gasteiger partial charge in [-0.2, -0.15) is 23.2 Å². The lowest BCUT2D eigenvalue weighted by molar-refractivity contribution is -0.204. The molecular weight excluding hydrogens is 382 g/mol. The number of nitrogens with zero attached hydrogens (tertiary/aromatic N) is 3. The number of halogens is 4.